The van der Waals surface area contributed by atoms with Crippen LogP contribution in [0.4, 0.5) is 17.2 Å². The van der Waals surface area contributed by atoms with E-state index >= 15 is 0 Å². The van der Waals surface area contributed by atoms with Crippen LogP contribution in [0, 0.1) is 0 Å². The number of hydrogen-bond acceptors (Lipinski definition) is 6. The van der Waals surface area contributed by atoms with Gasteiger partial charge in [-0.25, -0.2) is 9.97 Å². The number of hydrogen-bond donors (Lipinski definition) is 2. The van der Waals surface area contributed by atoms with Gasteiger partial charge in [0.2, 0.25) is 11.8 Å². The molecule has 8 heteroatoms. The number of rotatable bonds is 5. The van der Waals surface area contributed by atoms with Gasteiger partial charge < -0.3 is 10.6 Å². The Balaban J connectivity index is 1.41. The lowest BCUT2D eigenvalue weighted by atomic mass is 10.2. The quantitative estimate of drug-likeness (QED) is 0.485. The SMILES string of the molecule is C[C@@H](Sc1nc(NC2CC2)c2ccccc2n1)C(=O)N1CC(=O)Nc2ccccc21. The molecule has 0 saturated heterocycles. The monoisotopic (exact) mass is 419 g/mol. The lowest BCUT2D eigenvalue weighted by molar-refractivity contribution is -0.121. The second-order valence-corrected chi connectivity index (χ2v) is 8.85. The molecule has 2 aliphatic rings. The topological polar surface area (TPSA) is 87.2 Å². The molecule has 5 rings (SSSR count). The lowest BCUT2D eigenvalue weighted by Gasteiger charge is -2.30. The molecule has 2 amide bonds. The lowest BCUT2D eigenvalue weighted by Crippen LogP contribution is -2.45. The zero-order valence-corrected chi connectivity index (χ0v) is 17.3. The van der Waals surface area contributed by atoms with Crippen LogP contribution < -0.4 is 15.5 Å². The number of benzene rings is 2. The van der Waals surface area contributed by atoms with E-state index in [-0.39, 0.29) is 18.4 Å². The van der Waals surface area contributed by atoms with Gasteiger partial charge in [-0.1, -0.05) is 36.0 Å². The average Bonchev–Trinajstić information content (AvgIpc) is 3.56. The summed E-state index contributed by atoms with van der Waals surface area (Å²) >= 11 is 1.31. The van der Waals surface area contributed by atoms with Crippen molar-refractivity contribution in [2.75, 3.05) is 22.1 Å². The van der Waals surface area contributed by atoms with E-state index in [1.165, 1.54) is 16.7 Å². The van der Waals surface area contributed by atoms with Crippen LogP contribution in [0.5, 0.6) is 0 Å². The van der Waals surface area contributed by atoms with E-state index in [0.29, 0.717) is 22.6 Å². The Morgan fingerprint density at radius 2 is 1.93 bits per heavy atom. The van der Waals surface area contributed by atoms with Gasteiger partial charge in [0.1, 0.15) is 12.4 Å². The molecule has 0 unspecified atom stereocenters. The van der Waals surface area contributed by atoms with E-state index in [1.807, 2.05) is 49.4 Å². The molecule has 0 bridgehead atoms. The highest BCUT2D eigenvalue weighted by atomic mass is 32.2. The number of carbonyl (C=O) groups is 2. The van der Waals surface area contributed by atoms with Gasteiger partial charge in [0.15, 0.2) is 5.16 Å². The fourth-order valence-electron chi connectivity index (χ4n) is 3.50. The second kappa shape index (κ2) is 7.60. The summed E-state index contributed by atoms with van der Waals surface area (Å²) in [6.45, 7) is 1.84. The maximum Gasteiger partial charge on any atom is 0.244 e. The van der Waals surface area contributed by atoms with Crippen LogP contribution in [0.1, 0.15) is 19.8 Å². The van der Waals surface area contributed by atoms with Crippen LogP contribution in [-0.4, -0.2) is 39.6 Å². The van der Waals surface area contributed by atoms with Crippen molar-refractivity contribution in [3.63, 3.8) is 0 Å². The molecule has 2 heterocycles. The summed E-state index contributed by atoms with van der Waals surface area (Å²) in [6, 6.07) is 15.7. The standard InChI is InChI=1S/C22H21N5O2S/c1-13(21(29)27-12-19(28)24-17-8-4-5-9-18(17)27)30-22-25-16-7-3-2-6-15(16)20(26-22)23-14-10-11-14/h2-9,13-14H,10-12H2,1H3,(H,24,28)(H,23,25,26)/t13-/m1/s1. The van der Waals surface area contributed by atoms with E-state index in [1.54, 1.807) is 6.07 Å². The maximum absolute atomic E-state index is 13.2. The zero-order valence-electron chi connectivity index (χ0n) is 16.5. The first kappa shape index (κ1) is 18.9. The van der Waals surface area contributed by atoms with E-state index < -0.39 is 5.25 Å². The molecule has 30 heavy (non-hydrogen) atoms. The fourth-order valence-corrected chi connectivity index (χ4v) is 4.34. The number of anilines is 3. The van der Waals surface area contributed by atoms with Crippen molar-refractivity contribution < 1.29 is 9.59 Å². The first-order valence-corrected chi connectivity index (χ1v) is 10.9. The van der Waals surface area contributed by atoms with E-state index in [9.17, 15) is 9.59 Å². The van der Waals surface area contributed by atoms with Crippen LogP contribution >= 0.6 is 11.8 Å². The fraction of sp³-hybridized carbons (Fsp3) is 0.273. The van der Waals surface area contributed by atoms with Crippen molar-refractivity contribution in [1.29, 1.82) is 0 Å². The van der Waals surface area contributed by atoms with Crippen LogP contribution in [-0.2, 0) is 9.59 Å². The average molecular weight is 420 g/mol. The summed E-state index contributed by atoms with van der Waals surface area (Å²) in [4.78, 5) is 36.2. The number of nitrogens with one attached hydrogen (secondary N) is 2. The molecule has 0 spiro atoms. The number of fused-ring (bicyclic) bond motifs is 2. The number of para-hydroxylation sites is 3. The summed E-state index contributed by atoms with van der Waals surface area (Å²) in [5.41, 5.74) is 2.21. The highest BCUT2D eigenvalue weighted by molar-refractivity contribution is 8.00. The third kappa shape index (κ3) is 3.70. The van der Waals surface area contributed by atoms with E-state index in [4.69, 9.17) is 4.98 Å². The molecule has 1 saturated carbocycles. The number of carbonyl (C=O) groups excluding carboxylic acids is 2. The van der Waals surface area contributed by atoms with Gasteiger partial charge in [0.25, 0.3) is 0 Å². The van der Waals surface area contributed by atoms with Crippen LogP contribution in [0.2, 0.25) is 0 Å². The van der Waals surface area contributed by atoms with Gasteiger partial charge in [0.05, 0.1) is 22.1 Å². The van der Waals surface area contributed by atoms with Crippen molar-refractivity contribution >= 4 is 51.7 Å². The molecule has 2 aromatic carbocycles. The van der Waals surface area contributed by atoms with Gasteiger partial charge in [-0.3, -0.25) is 14.5 Å². The second-order valence-electron chi connectivity index (χ2n) is 7.54. The molecule has 0 radical (unpaired) electrons. The summed E-state index contributed by atoms with van der Waals surface area (Å²) in [6.07, 6.45) is 2.29. The van der Waals surface area contributed by atoms with Crippen molar-refractivity contribution in [3.8, 4) is 0 Å². The number of aromatic nitrogens is 2. The Morgan fingerprint density at radius 1 is 1.17 bits per heavy atom. The normalized spacial score (nSPS) is 16.7. The minimum absolute atomic E-state index is 0.00775. The molecule has 1 aromatic heterocycles. The summed E-state index contributed by atoms with van der Waals surface area (Å²) < 4.78 is 0. The van der Waals surface area contributed by atoms with Gasteiger partial charge in [-0.15, -0.1) is 0 Å². The Hall–Kier alpha value is -3.13. The van der Waals surface area contributed by atoms with Gasteiger partial charge in [-0.2, -0.15) is 0 Å². The molecule has 2 N–H and O–H groups in total. The van der Waals surface area contributed by atoms with Gasteiger partial charge in [-0.05, 0) is 44.0 Å². The Morgan fingerprint density at radius 3 is 2.77 bits per heavy atom. The van der Waals surface area contributed by atoms with Crippen molar-refractivity contribution in [2.24, 2.45) is 0 Å². The Kier molecular flexibility index (Phi) is 4.78. The summed E-state index contributed by atoms with van der Waals surface area (Å²) in [5.74, 6) is 0.473. The first-order chi connectivity index (χ1) is 14.6. The van der Waals surface area contributed by atoms with E-state index in [0.717, 1.165) is 29.6 Å². The van der Waals surface area contributed by atoms with Crippen LogP contribution in [0.3, 0.4) is 0 Å². The van der Waals surface area contributed by atoms with Crippen LogP contribution in [0.15, 0.2) is 53.7 Å². The highest BCUT2D eigenvalue weighted by Gasteiger charge is 2.31. The Bertz CT molecular complexity index is 1150. The number of thioether (sulfide) groups is 1. The molecule has 152 valence electrons. The molecular weight excluding hydrogens is 398 g/mol. The molecule has 1 atom stereocenters. The van der Waals surface area contributed by atoms with Gasteiger partial charge in [0, 0.05) is 11.4 Å². The van der Waals surface area contributed by atoms with E-state index in [2.05, 4.69) is 15.6 Å². The third-order valence-corrected chi connectivity index (χ3v) is 6.12. The molecule has 1 fully saturated rings. The first-order valence-electron chi connectivity index (χ1n) is 9.99. The molecule has 3 aromatic rings. The minimum atomic E-state index is -0.445. The molecule has 7 nitrogen and oxygen atoms in total. The molecule has 1 aliphatic heterocycles. The number of amides is 2. The largest absolute Gasteiger partial charge is 0.367 e. The summed E-state index contributed by atoms with van der Waals surface area (Å²) in [5, 5.41) is 7.37. The molecular formula is C22H21N5O2S. The van der Waals surface area contributed by atoms with Gasteiger partial charge >= 0.3 is 0 Å². The Labute approximate surface area is 178 Å². The van der Waals surface area contributed by atoms with Crippen molar-refractivity contribution in [1.82, 2.24) is 9.97 Å². The smallest absolute Gasteiger partial charge is 0.244 e. The summed E-state index contributed by atoms with van der Waals surface area (Å²) in [7, 11) is 0. The van der Waals surface area contributed by atoms with Crippen LogP contribution in [0.25, 0.3) is 10.9 Å². The predicted molar refractivity (Wildman–Crippen MR) is 119 cm³/mol. The van der Waals surface area contributed by atoms with Crippen molar-refractivity contribution in [3.05, 3.63) is 48.5 Å². The predicted octanol–water partition coefficient (Wildman–Crippen LogP) is 3.67. The molecule has 1 aliphatic carbocycles. The van der Waals surface area contributed by atoms with Crippen molar-refractivity contribution in [2.45, 2.75) is 36.2 Å². The third-order valence-electron chi connectivity index (χ3n) is 5.17. The number of nitrogens with zero attached hydrogens (tertiary/aromatic N) is 3. The zero-order chi connectivity index (χ0) is 20.7. The highest BCUT2D eigenvalue weighted by Crippen LogP contribution is 2.33. The minimum Gasteiger partial charge on any atom is -0.367 e. The maximum atomic E-state index is 13.2.